The van der Waals surface area contributed by atoms with Gasteiger partial charge in [0.2, 0.25) is 11.6 Å². The number of aromatic hydroxyl groups is 1. The highest BCUT2D eigenvalue weighted by molar-refractivity contribution is 5.94. The molecule has 0 spiro atoms. The third-order valence-corrected chi connectivity index (χ3v) is 11.3. The van der Waals surface area contributed by atoms with E-state index in [1.165, 1.54) is 41.8 Å². The number of fused-ring (bicyclic) bond motifs is 2. The van der Waals surface area contributed by atoms with Crippen LogP contribution < -0.4 is 16.1 Å². The summed E-state index contributed by atoms with van der Waals surface area (Å²) in [5, 5.41) is 16.6. The van der Waals surface area contributed by atoms with Crippen LogP contribution in [0.2, 0.25) is 0 Å². The second-order valence-corrected chi connectivity index (χ2v) is 14.4. The number of aromatic nitrogens is 2. The van der Waals surface area contributed by atoms with E-state index >= 15 is 0 Å². The smallest absolute Gasteiger partial charge is 0.333 e. The number of benzene rings is 4. The topological polar surface area (TPSA) is 70.5 Å². The summed E-state index contributed by atoms with van der Waals surface area (Å²) in [5.41, 5.74) is 8.76. The number of allylic oxidation sites excluding steroid dienone is 8. The van der Waals surface area contributed by atoms with Crippen LogP contribution in [0, 0.1) is 13.8 Å². The lowest BCUT2D eigenvalue weighted by atomic mass is 9.83. The molecule has 1 N–H and O–H groups in total. The Balaban J connectivity index is 1.52. The first-order valence-corrected chi connectivity index (χ1v) is 19.8. The van der Waals surface area contributed by atoms with Crippen LogP contribution in [0.3, 0.4) is 0 Å². The normalized spacial score (nSPS) is 15.1. The molecular formula is C48H55N4O3+. The molecule has 0 saturated carbocycles. The molecule has 1 aliphatic rings. The van der Waals surface area contributed by atoms with E-state index in [-0.39, 0.29) is 24.5 Å². The van der Waals surface area contributed by atoms with Crippen LogP contribution in [0.25, 0.3) is 27.1 Å². The molecular weight excluding hydrogens is 681 g/mol. The van der Waals surface area contributed by atoms with Gasteiger partial charge >= 0.3 is 5.69 Å². The van der Waals surface area contributed by atoms with Crippen molar-refractivity contribution >= 4 is 44.2 Å². The largest absolute Gasteiger partial charge is 0.494 e. The molecule has 0 aliphatic heterocycles. The van der Waals surface area contributed by atoms with Crippen LogP contribution in [-0.2, 0) is 13.1 Å². The summed E-state index contributed by atoms with van der Waals surface area (Å²) in [6, 6.07) is 25.7. The lowest BCUT2D eigenvalue weighted by Gasteiger charge is -2.27. The molecule has 0 bridgehead atoms. The fourth-order valence-corrected chi connectivity index (χ4v) is 8.31. The molecule has 7 heteroatoms. The fraction of sp³-hybridized carbons (Fsp3) is 0.312. The van der Waals surface area contributed by atoms with Gasteiger partial charge in [-0.15, -0.1) is 0 Å². The van der Waals surface area contributed by atoms with E-state index in [0.717, 1.165) is 66.3 Å². The minimum atomic E-state index is -0.496. The number of nitrogens with zero attached hydrogens (tertiary/aromatic N) is 4. The molecule has 0 atom stereocenters. The molecule has 6 rings (SSSR count). The number of rotatable bonds is 11. The second-order valence-electron chi connectivity index (χ2n) is 14.4. The molecule has 1 aliphatic carbocycles. The van der Waals surface area contributed by atoms with Crippen molar-refractivity contribution in [3.05, 3.63) is 151 Å². The Bertz CT molecular complexity index is 2560. The molecule has 0 saturated heterocycles. The van der Waals surface area contributed by atoms with Crippen molar-refractivity contribution < 1.29 is 9.68 Å². The predicted molar refractivity (Wildman–Crippen MR) is 231 cm³/mol. The summed E-state index contributed by atoms with van der Waals surface area (Å²) >= 11 is 0. The van der Waals surface area contributed by atoms with Crippen molar-refractivity contribution in [1.82, 2.24) is 9.13 Å². The van der Waals surface area contributed by atoms with Crippen molar-refractivity contribution in [3.8, 4) is 5.88 Å². The lowest BCUT2D eigenvalue weighted by molar-refractivity contribution is -0.436. The quantitative estimate of drug-likeness (QED) is 0.108. The number of hydrogen-bond donors (Lipinski definition) is 1. The van der Waals surface area contributed by atoms with Crippen molar-refractivity contribution in [2.24, 2.45) is 0 Å². The Morgan fingerprint density at radius 2 is 1.45 bits per heavy atom. The number of hydrogen-bond acceptors (Lipinski definition) is 4. The molecule has 5 aromatic rings. The second kappa shape index (κ2) is 16.8. The standard InChI is InChI=1S/C48H54N4O3/c1-9-49(42-30-28-36-18-13-15-22-40(36)34(42)7)32(5)24-26-38-20-17-21-39(44(38)45-46(53)51(11-3)48(55)52(12-4)47(45)54)27-25-33(6)50(10-2)43-31-29-37-19-14-16-23-41(37)35(43)8/h13-16,18-19,22-31H,9-12,17,20-21H2,1-8H3/p+1/b32-24+,38-26+. The van der Waals surface area contributed by atoms with E-state index < -0.39 is 11.2 Å². The average Bonchev–Trinajstić information content (AvgIpc) is 3.19. The third-order valence-electron chi connectivity index (χ3n) is 11.3. The van der Waals surface area contributed by atoms with E-state index in [1.54, 1.807) is 6.92 Å². The van der Waals surface area contributed by atoms with Gasteiger partial charge in [0.1, 0.15) is 12.1 Å². The Labute approximate surface area is 325 Å². The van der Waals surface area contributed by atoms with E-state index in [9.17, 15) is 14.7 Å². The van der Waals surface area contributed by atoms with Gasteiger partial charge in [0, 0.05) is 55.6 Å². The molecule has 0 unspecified atom stereocenters. The highest BCUT2D eigenvalue weighted by Crippen LogP contribution is 2.40. The zero-order valence-corrected chi connectivity index (χ0v) is 33.7. The first kappa shape index (κ1) is 39.0. The Morgan fingerprint density at radius 3 is 2.09 bits per heavy atom. The summed E-state index contributed by atoms with van der Waals surface area (Å²) < 4.78 is 4.86. The van der Waals surface area contributed by atoms with Gasteiger partial charge in [-0.1, -0.05) is 66.7 Å². The minimum absolute atomic E-state index is 0.188. The average molecular weight is 736 g/mol. The van der Waals surface area contributed by atoms with Crippen LogP contribution in [0.15, 0.2) is 124 Å². The van der Waals surface area contributed by atoms with Crippen LogP contribution in [-0.4, -0.2) is 37.6 Å². The molecule has 284 valence electrons. The van der Waals surface area contributed by atoms with Gasteiger partial charge in [0.25, 0.3) is 5.56 Å². The highest BCUT2D eigenvalue weighted by Gasteiger charge is 2.27. The number of anilines is 1. The molecule has 0 amide bonds. The van der Waals surface area contributed by atoms with Crippen molar-refractivity contribution in [3.63, 3.8) is 0 Å². The van der Waals surface area contributed by atoms with Crippen LogP contribution in [0.4, 0.5) is 11.4 Å². The minimum Gasteiger partial charge on any atom is -0.494 e. The van der Waals surface area contributed by atoms with Gasteiger partial charge in [-0.05, 0) is 130 Å². The Kier molecular flexibility index (Phi) is 11.9. The van der Waals surface area contributed by atoms with Crippen molar-refractivity contribution in [1.29, 1.82) is 0 Å². The lowest BCUT2D eigenvalue weighted by Crippen LogP contribution is -2.41. The van der Waals surface area contributed by atoms with Gasteiger partial charge in [0.05, 0.1) is 0 Å². The number of aryl methyl sites for hydroxylation is 2. The summed E-state index contributed by atoms with van der Waals surface area (Å²) in [4.78, 5) is 29.8. The molecule has 0 fully saturated rings. The van der Waals surface area contributed by atoms with Crippen molar-refractivity contribution in [2.75, 3.05) is 18.0 Å². The van der Waals surface area contributed by atoms with E-state index in [0.29, 0.717) is 5.57 Å². The highest BCUT2D eigenvalue weighted by atomic mass is 16.3. The molecule has 1 heterocycles. The molecule has 1 aromatic heterocycles. The third kappa shape index (κ3) is 7.40. The summed E-state index contributed by atoms with van der Waals surface area (Å²) in [5.74, 6) is -0.277. The zero-order valence-electron chi connectivity index (χ0n) is 33.7. The van der Waals surface area contributed by atoms with Gasteiger partial charge < -0.3 is 10.0 Å². The Hall–Kier alpha value is -5.69. The van der Waals surface area contributed by atoms with Gasteiger partial charge in [-0.2, -0.15) is 4.58 Å². The van der Waals surface area contributed by atoms with E-state index in [1.807, 2.05) is 6.92 Å². The van der Waals surface area contributed by atoms with Gasteiger partial charge in [0.15, 0.2) is 5.71 Å². The van der Waals surface area contributed by atoms with Crippen LogP contribution in [0.5, 0.6) is 5.88 Å². The first-order chi connectivity index (χ1) is 26.6. The van der Waals surface area contributed by atoms with Crippen molar-refractivity contribution in [2.45, 2.75) is 87.7 Å². The van der Waals surface area contributed by atoms with Gasteiger partial charge in [-0.25, -0.2) is 4.79 Å². The molecule has 55 heavy (non-hydrogen) atoms. The van der Waals surface area contributed by atoms with Gasteiger partial charge in [-0.3, -0.25) is 13.9 Å². The van der Waals surface area contributed by atoms with E-state index in [4.69, 9.17) is 0 Å². The van der Waals surface area contributed by atoms with E-state index in [2.05, 4.69) is 148 Å². The molecule has 4 aromatic carbocycles. The monoisotopic (exact) mass is 735 g/mol. The zero-order chi connectivity index (χ0) is 39.4. The maximum Gasteiger partial charge on any atom is 0.333 e. The first-order valence-electron chi connectivity index (χ1n) is 19.8. The maximum absolute atomic E-state index is 14.2. The summed E-state index contributed by atoms with van der Waals surface area (Å²) in [7, 11) is 0. The summed E-state index contributed by atoms with van der Waals surface area (Å²) in [6.45, 7) is 18.5. The predicted octanol–water partition coefficient (Wildman–Crippen LogP) is 10.4. The summed E-state index contributed by atoms with van der Waals surface area (Å²) in [6.07, 6.45) is 10.8. The van der Waals surface area contributed by atoms with Crippen LogP contribution >= 0.6 is 0 Å². The SMILES string of the molecule is CCN(/C(C)=C/C=C1\CCCC(/C=C/C(C)=[N+](CC)c2ccc3ccccc3c2C)=C1c1c(O)n(CC)c(=O)n(CC)c1=O)c1ccc2ccccc2c1C. The Morgan fingerprint density at radius 1 is 0.818 bits per heavy atom. The van der Waals surface area contributed by atoms with Crippen LogP contribution in [0.1, 0.15) is 77.5 Å². The maximum atomic E-state index is 14.2. The molecule has 0 radical (unpaired) electrons. The molecule has 7 nitrogen and oxygen atoms in total. The fourth-order valence-electron chi connectivity index (χ4n) is 8.31.